The Kier molecular flexibility index (Phi) is 6.34. The molecule has 134 valence electrons. The third kappa shape index (κ3) is 5.86. The molecule has 0 aliphatic carbocycles. The predicted octanol–water partition coefficient (Wildman–Crippen LogP) is 0.102. The molecule has 0 radical (unpaired) electrons. The molecule has 3 N–H and O–H groups in total. The number of benzene rings is 1. The molecule has 8 heteroatoms. The quantitative estimate of drug-likeness (QED) is 0.754. The smallest absolute Gasteiger partial charge is 0.238 e. The lowest BCUT2D eigenvalue weighted by Crippen LogP contribution is -2.49. The molecule has 1 fully saturated rings. The van der Waals surface area contributed by atoms with Crippen molar-refractivity contribution in [2.45, 2.75) is 37.4 Å². The van der Waals surface area contributed by atoms with Crippen LogP contribution in [-0.2, 0) is 26.0 Å². The molecule has 0 unspecified atom stereocenters. The average Bonchev–Trinajstić information content (AvgIpc) is 2.45. The van der Waals surface area contributed by atoms with E-state index in [1.165, 1.54) is 12.1 Å². The standard InChI is InChI=1S/C16H25N3O4S/c1-12-9-19(10-13(2)23-12)11-16(20)18-8-7-14-3-5-15(6-4-14)24(17,21)22/h3-6,12-13H,7-11H2,1-2H3,(H,18,20)(H2,17,21,22)/t12-,13-/m0/s1. The van der Waals surface area contributed by atoms with Gasteiger partial charge in [0.25, 0.3) is 0 Å². The van der Waals surface area contributed by atoms with Crippen molar-refractivity contribution in [3.63, 3.8) is 0 Å². The van der Waals surface area contributed by atoms with Crippen molar-refractivity contribution in [3.05, 3.63) is 29.8 Å². The Morgan fingerprint density at radius 3 is 2.38 bits per heavy atom. The molecule has 0 saturated carbocycles. The van der Waals surface area contributed by atoms with Crippen molar-refractivity contribution in [2.24, 2.45) is 5.14 Å². The number of nitrogens with one attached hydrogen (secondary N) is 1. The van der Waals surface area contributed by atoms with E-state index in [2.05, 4.69) is 10.2 Å². The van der Waals surface area contributed by atoms with Crippen LogP contribution in [0.15, 0.2) is 29.2 Å². The Hall–Kier alpha value is -1.48. The topological polar surface area (TPSA) is 102 Å². The molecule has 2 rings (SSSR count). The summed E-state index contributed by atoms with van der Waals surface area (Å²) in [5.74, 6) is -0.0162. The largest absolute Gasteiger partial charge is 0.373 e. The van der Waals surface area contributed by atoms with Gasteiger partial charge in [-0.15, -0.1) is 0 Å². The van der Waals surface area contributed by atoms with Crippen molar-refractivity contribution in [1.82, 2.24) is 10.2 Å². The van der Waals surface area contributed by atoms with Gasteiger partial charge in [-0.25, -0.2) is 13.6 Å². The number of carbonyl (C=O) groups is 1. The third-order valence-corrected chi connectivity index (χ3v) is 4.78. The number of morpholine rings is 1. The zero-order chi connectivity index (χ0) is 17.7. The fourth-order valence-electron chi connectivity index (χ4n) is 2.86. The Morgan fingerprint density at radius 1 is 1.25 bits per heavy atom. The first-order valence-electron chi connectivity index (χ1n) is 8.00. The highest BCUT2D eigenvalue weighted by Gasteiger charge is 2.23. The van der Waals surface area contributed by atoms with E-state index in [0.29, 0.717) is 19.5 Å². The molecule has 0 bridgehead atoms. The number of ether oxygens (including phenoxy) is 1. The zero-order valence-electron chi connectivity index (χ0n) is 14.1. The Morgan fingerprint density at radius 2 is 1.83 bits per heavy atom. The van der Waals surface area contributed by atoms with E-state index >= 15 is 0 Å². The molecule has 24 heavy (non-hydrogen) atoms. The Balaban J connectivity index is 1.74. The highest BCUT2D eigenvalue weighted by molar-refractivity contribution is 7.89. The van der Waals surface area contributed by atoms with E-state index in [4.69, 9.17) is 9.88 Å². The lowest BCUT2D eigenvalue weighted by molar-refractivity contribution is -0.125. The first kappa shape index (κ1) is 18.9. The minimum absolute atomic E-state index is 0.0162. The lowest BCUT2D eigenvalue weighted by atomic mass is 10.1. The summed E-state index contributed by atoms with van der Waals surface area (Å²) in [7, 11) is -3.66. The third-order valence-electron chi connectivity index (χ3n) is 3.85. The summed E-state index contributed by atoms with van der Waals surface area (Å²) >= 11 is 0. The molecular formula is C16H25N3O4S. The summed E-state index contributed by atoms with van der Waals surface area (Å²) in [5.41, 5.74) is 0.941. The molecule has 1 saturated heterocycles. The summed E-state index contributed by atoms with van der Waals surface area (Å²) in [5, 5.41) is 7.95. The SMILES string of the molecule is C[C@H]1CN(CC(=O)NCCc2ccc(S(N)(=O)=O)cc2)C[C@H](C)O1. The van der Waals surface area contributed by atoms with Crippen molar-refractivity contribution < 1.29 is 17.9 Å². The van der Waals surface area contributed by atoms with Gasteiger partial charge in [-0.2, -0.15) is 0 Å². The molecule has 1 aromatic carbocycles. The van der Waals surface area contributed by atoms with E-state index < -0.39 is 10.0 Å². The second kappa shape index (κ2) is 8.06. The molecule has 2 atom stereocenters. The number of amides is 1. The van der Waals surface area contributed by atoms with Crippen molar-refractivity contribution in [1.29, 1.82) is 0 Å². The second-order valence-electron chi connectivity index (χ2n) is 6.24. The molecule has 0 aromatic heterocycles. The average molecular weight is 355 g/mol. The number of nitrogens with two attached hydrogens (primary N) is 1. The van der Waals surface area contributed by atoms with Gasteiger partial charge in [0.15, 0.2) is 0 Å². The molecule has 1 aromatic rings. The Bertz CT molecular complexity index is 650. The maximum atomic E-state index is 12.0. The summed E-state index contributed by atoms with van der Waals surface area (Å²) in [6, 6.07) is 6.36. The zero-order valence-corrected chi connectivity index (χ0v) is 14.9. The molecule has 1 amide bonds. The molecular weight excluding hydrogens is 330 g/mol. The van der Waals surface area contributed by atoms with Crippen molar-refractivity contribution >= 4 is 15.9 Å². The summed E-state index contributed by atoms with van der Waals surface area (Å²) in [4.78, 5) is 14.2. The van der Waals surface area contributed by atoms with E-state index in [-0.39, 0.29) is 23.0 Å². The lowest BCUT2D eigenvalue weighted by Gasteiger charge is -2.34. The number of rotatable bonds is 6. The monoisotopic (exact) mass is 355 g/mol. The normalized spacial score (nSPS) is 22.3. The maximum Gasteiger partial charge on any atom is 0.238 e. The van der Waals surface area contributed by atoms with Crippen LogP contribution in [0.2, 0.25) is 0 Å². The second-order valence-corrected chi connectivity index (χ2v) is 7.80. The summed E-state index contributed by atoms with van der Waals surface area (Å²) in [6.45, 7) is 6.39. The maximum absolute atomic E-state index is 12.0. The molecule has 1 aliphatic heterocycles. The van der Waals surface area contributed by atoms with E-state index in [1.54, 1.807) is 12.1 Å². The van der Waals surface area contributed by atoms with Gasteiger partial charge in [-0.1, -0.05) is 12.1 Å². The first-order valence-corrected chi connectivity index (χ1v) is 9.55. The van der Waals surface area contributed by atoms with Gasteiger partial charge < -0.3 is 10.1 Å². The predicted molar refractivity (Wildman–Crippen MR) is 91.0 cm³/mol. The Labute approximate surface area is 143 Å². The van der Waals surface area contributed by atoms with Gasteiger partial charge in [0.05, 0.1) is 23.6 Å². The van der Waals surface area contributed by atoms with Gasteiger partial charge in [0.2, 0.25) is 15.9 Å². The van der Waals surface area contributed by atoms with Gasteiger partial charge >= 0.3 is 0 Å². The minimum Gasteiger partial charge on any atom is -0.373 e. The highest BCUT2D eigenvalue weighted by Crippen LogP contribution is 2.10. The van der Waals surface area contributed by atoms with Crippen LogP contribution >= 0.6 is 0 Å². The van der Waals surface area contributed by atoms with Crippen molar-refractivity contribution in [2.75, 3.05) is 26.2 Å². The fraction of sp³-hybridized carbons (Fsp3) is 0.562. The van der Waals surface area contributed by atoms with Gasteiger partial charge in [0, 0.05) is 19.6 Å². The van der Waals surface area contributed by atoms with E-state index in [0.717, 1.165) is 18.7 Å². The summed E-state index contributed by atoms with van der Waals surface area (Å²) in [6.07, 6.45) is 0.907. The van der Waals surface area contributed by atoms with Crippen molar-refractivity contribution in [3.8, 4) is 0 Å². The van der Waals surface area contributed by atoms with Crippen LogP contribution in [0.3, 0.4) is 0 Å². The van der Waals surface area contributed by atoms with Crippen LogP contribution in [0.25, 0.3) is 0 Å². The molecule has 7 nitrogen and oxygen atoms in total. The van der Waals surface area contributed by atoms with Crippen LogP contribution in [0, 0.1) is 0 Å². The molecule has 1 aliphatic rings. The fourth-order valence-corrected chi connectivity index (χ4v) is 3.38. The minimum atomic E-state index is -3.66. The van der Waals surface area contributed by atoms with E-state index in [1.807, 2.05) is 13.8 Å². The first-order chi connectivity index (χ1) is 11.2. The van der Waals surface area contributed by atoms with Gasteiger partial charge in [-0.05, 0) is 38.0 Å². The summed E-state index contributed by atoms with van der Waals surface area (Å²) < 4.78 is 28.0. The van der Waals surface area contributed by atoms with Gasteiger partial charge in [0.1, 0.15) is 0 Å². The number of nitrogens with zero attached hydrogens (tertiary/aromatic N) is 1. The molecule has 1 heterocycles. The number of hydrogen-bond donors (Lipinski definition) is 2. The molecule has 0 spiro atoms. The van der Waals surface area contributed by atoms with E-state index in [9.17, 15) is 13.2 Å². The van der Waals surface area contributed by atoms with Crippen LogP contribution in [0.4, 0.5) is 0 Å². The van der Waals surface area contributed by atoms with Crippen LogP contribution in [0.1, 0.15) is 19.4 Å². The number of sulfonamides is 1. The van der Waals surface area contributed by atoms with Crippen LogP contribution < -0.4 is 10.5 Å². The number of hydrogen-bond acceptors (Lipinski definition) is 5. The highest BCUT2D eigenvalue weighted by atomic mass is 32.2. The van der Waals surface area contributed by atoms with Crippen LogP contribution in [0.5, 0.6) is 0 Å². The number of carbonyl (C=O) groups excluding carboxylic acids is 1. The van der Waals surface area contributed by atoms with Crippen LogP contribution in [-0.4, -0.2) is 57.6 Å². The van der Waals surface area contributed by atoms with Gasteiger partial charge in [-0.3, -0.25) is 9.69 Å². The number of primary sulfonamides is 1.